The Kier molecular flexibility index (Phi) is 4.28. The van der Waals surface area contributed by atoms with E-state index in [9.17, 15) is 14.0 Å². The van der Waals surface area contributed by atoms with Gasteiger partial charge in [-0.3, -0.25) is 10.2 Å². The molecule has 3 N–H and O–H groups in total. The number of rotatable bonds is 2. The van der Waals surface area contributed by atoms with Crippen molar-refractivity contribution < 1.29 is 14.0 Å². The number of hydrogen-bond donors (Lipinski definition) is 3. The lowest BCUT2D eigenvalue weighted by Crippen LogP contribution is -2.43. The van der Waals surface area contributed by atoms with Gasteiger partial charge < -0.3 is 5.32 Å². The van der Waals surface area contributed by atoms with Crippen LogP contribution in [0.5, 0.6) is 0 Å². The van der Waals surface area contributed by atoms with Crippen molar-refractivity contribution >= 4 is 17.6 Å². The van der Waals surface area contributed by atoms with Crippen molar-refractivity contribution in [3.63, 3.8) is 0 Å². The van der Waals surface area contributed by atoms with Crippen LogP contribution in [0.3, 0.4) is 0 Å². The van der Waals surface area contributed by atoms with Crippen LogP contribution in [-0.4, -0.2) is 11.9 Å². The third-order valence-electron chi connectivity index (χ3n) is 2.41. The Bertz CT molecular complexity index is 617. The first kappa shape index (κ1) is 13.5. The van der Waals surface area contributed by atoms with E-state index in [1.54, 1.807) is 30.3 Å². The number of halogens is 1. The number of carbonyl (C=O) groups excluding carboxylic acids is 2. The first-order valence-corrected chi connectivity index (χ1v) is 5.83. The molecule has 0 unspecified atom stereocenters. The van der Waals surface area contributed by atoms with E-state index in [4.69, 9.17) is 0 Å². The molecule has 5 nitrogen and oxygen atoms in total. The second-order valence-electron chi connectivity index (χ2n) is 3.91. The normalized spacial score (nSPS) is 9.65. The molecule has 6 heteroatoms. The van der Waals surface area contributed by atoms with Crippen molar-refractivity contribution in [1.29, 1.82) is 0 Å². The van der Waals surface area contributed by atoms with Gasteiger partial charge in [0.15, 0.2) is 0 Å². The van der Waals surface area contributed by atoms with E-state index >= 15 is 0 Å². The van der Waals surface area contributed by atoms with Gasteiger partial charge in [0.2, 0.25) is 0 Å². The first-order valence-electron chi connectivity index (χ1n) is 5.83. The molecule has 0 aliphatic rings. The smallest absolute Gasteiger partial charge is 0.306 e. The molecular formula is C14H12FN3O2. The summed E-state index contributed by atoms with van der Waals surface area (Å²) in [6.07, 6.45) is 0. The van der Waals surface area contributed by atoms with Gasteiger partial charge in [-0.05, 0) is 30.3 Å². The number of hydrogen-bond acceptors (Lipinski definition) is 2. The first-order chi connectivity index (χ1) is 9.65. The lowest BCUT2D eigenvalue weighted by Gasteiger charge is -2.09. The minimum Gasteiger partial charge on any atom is -0.306 e. The zero-order chi connectivity index (χ0) is 14.4. The standard InChI is InChI=1S/C14H12FN3O2/c15-11-7-4-8-12(9-11)16-14(20)18-17-13(19)10-5-2-1-3-6-10/h1-9H,(H,17,19)(H2,16,18,20). The maximum absolute atomic E-state index is 12.9. The molecule has 0 aliphatic carbocycles. The van der Waals surface area contributed by atoms with Crippen LogP contribution < -0.4 is 16.2 Å². The number of benzene rings is 2. The summed E-state index contributed by atoms with van der Waals surface area (Å²) in [4.78, 5) is 23.1. The highest BCUT2D eigenvalue weighted by Gasteiger charge is 2.06. The Morgan fingerprint density at radius 1 is 0.900 bits per heavy atom. The number of carbonyl (C=O) groups is 2. The summed E-state index contributed by atoms with van der Waals surface area (Å²) in [7, 11) is 0. The molecule has 20 heavy (non-hydrogen) atoms. The third-order valence-corrected chi connectivity index (χ3v) is 2.41. The molecule has 102 valence electrons. The Balaban J connectivity index is 1.85. The van der Waals surface area contributed by atoms with Crippen molar-refractivity contribution in [2.75, 3.05) is 5.32 Å². The van der Waals surface area contributed by atoms with Crippen LogP contribution >= 0.6 is 0 Å². The van der Waals surface area contributed by atoms with Crippen molar-refractivity contribution in [1.82, 2.24) is 10.9 Å². The van der Waals surface area contributed by atoms with Gasteiger partial charge in [-0.2, -0.15) is 0 Å². The van der Waals surface area contributed by atoms with Crippen molar-refractivity contribution in [3.8, 4) is 0 Å². The Morgan fingerprint density at radius 2 is 1.65 bits per heavy atom. The zero-order valence-corrected chi connectivity index (χ0v) is 10.4. The van der Waals surface area contributed by atoms with Crippen LogP contribution in [0.25, 0.3) is 0 Å². The fourth-order valence-corrected chi connectivity index (χ4v) is 1.50. The number of amides is 3. The maximum atomic E-state index is 12.9. The fraction of sp³-hybridized carbons (Fsp3) is 0. The quantitative estimate of drug-likeness (QED) is 0.735. The molecule has 3 amide bonds. The van der Waals surface area contributed by atoms with Gasteiger partial charge in [0, 0.05) is 11.3 Å². The third kappa shape index (κ3) is 3.81. The maximum Gasteiger partial charge on any atom is 0.337 e. The van der Waals surface area contributed by atoms with Gasteiger partial charge in [0.05, 0.1) is 0 Å². The number of hydrazine groups is 1. The molecule has 2 rings (SSSR count). The molecule has 0 aliphatic heterocycles. The molecule has 0 fully saturated rings. The molecule has 0 aromatic heterocycles. The molecule has 0 bridgehead atoms. The number of nitrogens with one attached hydrogen (secondary N) is 3. The highest BCUT2D eigenvalue weighted by atomic mass is 19.1. The van der Waals surface area contributed by atoms with Crippen molar-refractivity contribution in [2.24, 2.45) is 0 Å². The Morgan fingerprint density at radius 3 is 2.35 bits per heavy atom. The predicted molar refractivity (Wildman–Crippen MR) is 72.5 cm³/mol. The van der Waals surface area contributed by atoms with E-state index in [2.05, 4.69) is 16.2 Å². The second-order valence-corrected chi connectivity index (χ2v) is 3.91. The predicted octanol–water partition coefficient (Wildman–Crippen LogP) is 2.29. The molecule has 0 atom stereocenters. The highest BCUT2D eigenvalue weighted by Crippen LogP contribution is 2.08. The Hall–Kier alpha value is -2.89. The van der Waals surface area contributed by atoms with Crippen LogP contribution in [0.2, 0.25) is 0 Å². The van der Waals surface area contributed by atoms with Gasteiger partial charge in [-0.1, -0.05) is 24.3 Å². The Labute approximate surface area is 114 Å². The van der Waals surface area contributed by atoms with Gasteiger partial charge in [0.1, 0.15) is 5.82 Å². The average Bonchev–Trinajstić information content (AvgIpc) is 2.46. The topological polar surface area (TPSA) is 70.2 Å². The molecule has 2 aromatic rings. The van der Waals surface area contributed by atoms with Gasteiger partial charge in [0.25, 0.3) is 5.91 Å². The summed E-state index contributed by atoms with van der Waals surface area (Å²) in [6, 6.07) is 13.2. The van der Waals surface area contributed by atoms with Crippen LogP contribution in [0.4, 0.5) is 14.9 Å². The van der Waals surface area contributed by atoms with Gasteiger partial charge in [-0.25, -0.2) is 14.6 Å². The van der Waals surface area contributed by atoms with E-state index in [-0.39, 0.29) is 5.69 Å². The lowest BCUT2D eigenvalue weighted by atomic mass is 10.2. The van der Waals surface area contributed by atoms with Crippen molar-refractivity contribution in [2.45, 2.75) is 0 Å². The van der Waals surface area contributed by atoms with Crippen LogP contribution in [0, 0.1) is 5.82 Å². The molecule has 0 radical (unpaired) electrons. The minimum atomic E-state index is -0.667. The lowest BCUT2D eigenvalue weighted by molar-refractivity contribution is 0.0938. The second kappa shape index (κ2) is 6.33. The molecule has 0 saturated carbocycles. The van der Waals surface area contributed by atoms with Gasteiger partial charge >= 0.3 is 6.03 Å². The van der Waals surface area contributed by atoms with Crippen LogP contribution in [0.15, 0.2) is 54.6 Å². The zero-order valence-electron chi connectivity index (χ0n) is 10.4. The highest BCUT2D eigenvalue weighted by molar-refractivity contribution is 5.97. The van der Waals surface area contributed by atoms with E-state index in [0.717, 1.165) is 0 Å². The van der Waals surface area contributed by atoms with E-state index in [1.165, 1.54) is 24.3 Å². The van der Waals surface area contributed by atoms with E-state index in [1.807, 2.05) is 0 Å². The van der Waals surface area contributed by atoms with Crippen molar-refractivity contribution in [3.05, 3.63) is 66.0 Å². The summed E-state index contributed by atoms with van der Waals surface area (Å²) in [5.41, 5.74) is 5.12. The van der Waals surface area contributed by atoms with Crippen LogP contribution in [0.1, 0.15) is 10.4 Å². The minimum absolute atomic E-state index is 0.288. The average molecular weight is 273 g/mol. The monoisotopic (exact) mass is 273 g/mol. The summed E-state index contributed by atoms with van der Waals surface area (Å²) in [5.74, 6) is -0.906. The summed E-state index contributed by atoms with van der Waals surface area (Å²) >= 11 is 0. The number of urea groups is 1. The number of anilines is 1. The molecule has 0 spiro atoms. The van der Waals surface area contributed by atoms with E-state index < -0.39 is 17.8 Å². The fourth-order valence-electron chi connectivity index (χ4n) is 1.50. The summed E-state index contributed by atoms with van der Waals surface area (Å²) < 4.78 is 12.9. The van der Waals surface area contributed by atoms with Gasteiger partial charge in [-0.15, -0.1) is 0 Å². The van der Waals surface area contributed by atoms with Crippen LogP contribution in [-0.2, 0) is 0 Å². The summed E-state index contributed by atoms with van der Waals surface area (Å²) in [5, 5.41) is 2.38. The molecule has 2 aromatic carbocycles. The van der Waals surface area contributed by atoms with E-state index in [0.29, 0.717) is 5.56 Å². The largest absolute Gasteiger partial charge is 0.337 e. The molecule has 0 heterocycles. The molecule has 0 saturated heterocycles. The molecular weight excluding hydrogens is 261 g/mol. The SMILES string of the molecule is O=C(NNC(=O)c1ccccc1)Nc1cccc(F)c1. The summed E-state index contributed by atoms with van der Waals surface area (Å²) in [6.45, 7) is 0.